The fourth-order valence-electron chi connectivity index (χ4n) is 2.16. The lowest BCUT2D eigenvalue weighted by Gasteiger charge is -2.28. The van der Waals surface area contributed by atoms with Gasteiger partial charge in [-0.05, 0) is 25.7 Å². The predicted octanol–water partition coefficient (Wildman–Crippen LogP) is 0.724. The van der Waals surface area contributed by atoms with Crippen molar-refractivity contribution < 1.29 is 4.74 Å². The summed E-state index contributed by atoms with van der Waals surface area (Å²) in [6.45, 7) is 4.36. The van der Waals surface area contributed by atoms with Crippen LogP contribution in [-0.4, -0.2) is 28.0 Å². The van der Waals surface area contributed by atoms with Gasteiger partial charge in [0.05, 0.1) is 12.6 Å². The van der Waals surface area contributed by atoms with Gasteiger partial charge in [-0.3, -0.25) is 0 Å². The number of nitrogens with two attached hydrogens (primary N) is 1. The van der Waals surface area contributed by atoms with Crippen molar-refractivity contribution >= 4 is 0 Å². The van der Waals surface area contributed by atoms with E-state index in [9.17, 15) is 0 Å². The van der Waals surface area contributed by atoms with Gasteiger partial charge in [-0.2, -0.15) is 5.10 Å². The molecule has 15 heavy (non-hydrogen) atoms. The van der Waals surface area contributed by atoms with Crippen molar-refractivity contribution in [2.24, 2.45) is 11.7 Å². The number of rotatable bonds is 3. The third-order valence-corrected chi connectivity index (χ3v) is 3.16. The summed E-state index contributed by atoms with van der Waals surface area (Å²) in [5.74, 6) is 1.50. The Balaban J connectivity index is 2.08. The molecule has 0 spiro atoms. The van der Waals surface area contributed by atoms with Crippen LogP contribution >= 0.6 is 0 Å². The number of nitrogens with zero attached hydrogens (tertiary/aromatic N) is 3. The second kappa shape index (κ2) is 4.72. The Hall–Kier alpha value is -0.940. The van der Waals surface area contributed by atoms with Crippen LogP contribution in [0.4, 0.5) is 0 Å². The molecular formula is C10H18N4O. The summed E-state index contributed by atoms with van der Waals surface area (Å²) in [4.78, 5) is 4.15. The molecule has 2 N–H and O–H groups in total. The lowest BCUT2D eigenvalue weighted by molar-refractivity contribution is 0.0490. The maximum absolute atomic E-state index is 5.61. The van der Waals surface area contributed by atoms with Crippen molar-refractivity contribution in [3.63, 3.8) is 0 Å². The first kappa shape index (κ1) is 10.6. The van der Waals surface area contributed by atoms with Gasteiger partial charge < -0.3 is 10.5 Å². The van der Waals surface area contributed by atoms with Crippen molar-refractivity contribution in [2.45, 2.75) is 32.4 Å². The van der Waals surface area contributed by atoms with Crippen LogP contribution in [0, 0.1) is 5.92 Å². The summed E-state index contributed by atoms with van der Waals surface area (Å²) in [6.07, 6.45) is 3.79. The van der Waals surface area contributed by atoms with Crippen molar-refractivity contribution in [3.8, 4) is 0 Å². The van der Waals surface area contributed by atoms with E-state index in [-0.39, 0.29) is 0 Å². The zero-order valence-corrected chi connectivity index (χ0v) is 9.09. The van der Waals surface area contributed by atoms with E-state index in [1.54, 1.807) is 6.33 Å². The molecule has 1 atom stereocenters. The van der Waals surface area contributed by atoms with Crippen molar-refractivity contribution in [2.75, 3.05) is 13.2 Å². The SMILES string of the molecule is CC(C1CCOCC1)n1ncnc1CN. The van der Waals surface area contributed by atoms with Gasteiger partial charge in [-0.1, -0.05) is 0 Å². The highest BCUT2D eigenvalue weighted by molar-refractivity contribution is 4.87. The molecule has 0 saturated carbocycles. The van der Waals surface area contributed by atoms with Gasteiger partial charge in [-0.15, -0.1) is 0 Å². The smallest absolute Gasteiger partial charge is 0.140 e. The van der Waals surface area contributed by atoms with Crippen LogP contribution in [0.3, 0.4) is 0 Å². The topological polar surface area (TPSA) is 66.0 Å². The fraction of sp³-hybridized carbons (Fsp3) is 0.800. The molecule has 0 bridgehead atoms. The van der Waals surface area contributed by atoms with Crippen molar-refractivity contribution in [1.82, 2.24) is 14.8 Å². The Labute approximate surface area is 89.6 Å². The van der Waals surface area contributed by atoms with Crippen LogP contribution in [0.1, 0.15) is 31.6 Å². The first-order chi connectivity index (χ1) is 7.33. The minimum absolute atomic E-state index is 0.370. The molecule has 0 aliphatic carbocycles. The van der Waals surface area contributed by atoms with Crippen LogP contribution in [-0.2, 0) is 11.3 Å². The minimum Gasteiger partial charge on any atom is -0.381 e. The predicted molar refractivity (Wildman–Crippen MR) is 56.2 cm³/mol. The molecule has 1 aliphatic heterocycles. The van der Waals surface area contributed by atoms with E-state index in [2.05, 4.69) is 17.0 Å². The summed E-state index contributed by atoms with van der Waals surface area (Å²) in [5.41, 5.74) is 5.61. The van der Waals surface area contributed by atoms with Gasteiger partial charge in [0.15, 0.2) is 0 Å². The van der Waals surface area contributed by atoms with Crippen LogP contribution in [0.5, 0.6) is 0 Å². The first-order valence-corrected chi connectivity index (χ1v) is 5.49. The third kappa shape index (κ3) is 2.18. The zero-order valence-electron chi connectivity index (χ0n) is 9.09. The zero-order chi connectivity index (χ0) is 10.7. The summed E-state index contributed by atoms with van der Waals surface area (Å²) >= 11 is 0. The molecule has 1 saturated heterocycles. The number of hydrogen-bond acceptors (Lipinski definition) is 4. The molecule has 1 unspecified atom stereocenters. The maximum Gasteiger partial charge on any atom is 0.140 e. The fourth-order valence-corrected chi connectivity index (χ4v) is 2.16. The lowest BCUT2D eigenvalue weighted by atomic mass is 9.93. The maximum atomic E-state index is 5.61. The van der Waals surface area contributed by atoms with E-state index in [4.69, 9.17) is 10.5 Å². The Morgan fingerprint density at radius 2 is 2.33 bits per heavy atom. The second-order valence-corrected chi connectivity index (χ2v) is 4.02. The summed E-state index contributed by atoms with van der Waals surface area (Å²) < 4.78 is 7.31. The van der Waals surface area contributed by atoms with E-state index in [1.807, 2.05) is 4.68 Å². The first-order valence-electron chi connectivity index (χ1n) is 5.49. The normalized spacial score (nSPS) is 20.4. The molecule has 1 fully saturated rings. The monoisotopic (exact) mass is 210 g/mol. The molecule has 1 aromatic rings. The molecule has 1 aliphatic rings. The lowest BCUT2D eigenvalue weighted by Crippen LogP contribution is -2.26. The van der Waals surface area contributed by atoms with Crippen molar-refractivity contribution in [3.05, 3.63) is 12.2 Å². The van der Waals surface area contributed by atoms with Crippen molar-refractivity contribution in [1.29, 1.82) is 0 Å². The molecule has 0 aromatic carbocycles. The van der Waals surface area contributed by atoms with E-state index < -0.39 is 0 Å². The highest BCUT2D eigenvalue weighted by Crippen LogP contribution is 2.27. The molecule has 0 amide bonds. The Morgan fingerprint density at radius 3 is 3.00 bits per heavy atom. The molecule has 0 radical (unpaired) electrons. The molecule has 5 heteroatoms. The minimum atomic E-state index is 0.370. The van der Waals surface area contributed by atoms with Gasteiger partial charge in [0, 0.05) is 13.2 Å². The highest BCUT2D eigenvalue weighted by atomic mass is 16.5. The average molecular weight is 210 g/mol. The highest BCUT2D eigenvalue weighted by Gasteiger charge is 2.23. The van der Waals surface area contributed by atoms with Gasteiger partial charge >= 0.3 is 0 Å². The summed E-state index contributed by atoms with van der Waals surface area (Å²) in [5, 5.41) is 4.25. The molecular weight excluding hydrogens is 192 g/mol. The second-order valence-electron chi connectivity index (χ2n) is 4.02. The molecule has 2 heterocycles. The Bertz CT molecular complexity index is 306. The van der Waals surface area contributed by atoms with Crippen LogP contribution in [0.2, 0.25) is 0 Å². The van der Waals surface area contributed by atoms with Gasteiger partial charge in [-0.25, -0.2) is 9.67 Å². The molecule has 5 nitrogen and oxygen atoms in total. The third-order valence-electron chi connectivity index (χ3n) is 3.16. The Morgan fingerprint density at radius 1 is 1.60 bits per heavy atom. The number of ether oxygens (including phenoxy) is 1. The van der Waals surface area contributed by atoms with Crippen LogP contribution in [0.15, 0.2) is 6.33 Å². The molecule has 1 aromatic heterocycles. The molecule has 2 rings (SSSR count). The number of hydrogen-bond donors (Lipinski definition) is 1. The quantitative estimate of drug-likeness (QED) is 0.798. The number of aromatic nitrogens is 3. The Kier molecular flexibility index (Phi) is 3.33. The van der Waals surface area contributed by atoms with E-state index in [1.165, 1.54) is 0 Å². The van der Waals surface area contributed by atoms with Crippen LogP contribution in [0.25, 0.3) is 0 Å². The van der Waals surface area contributed by atoms with Gasteiger partial charge in [0.25, 0.3) is 0 Å². The van der Waals surface area contributed by atoms with E-state index in [0.29, 0.717) is 18.5 Å². The molecule has 84 valence electrons. The standard InChI is InChI=1S/C10H18N4O/c1-8(9-2-4-15-5-3-9)14-10(6-11)12-7-13-14/h7-9H,2-6,11H2,1H3. The van der Waals surface area contributed by atoms with Gasteiger partial charge in [0.1, 0.15) is 12.2 Å². The van der Waals surface area contributed by atoms with E-state index >= 15 is 0 Å². The average Bonchev–Trinajstić information content (AvgIpc) is 2.77. The largest absolute Gasteiger partial charge is 0.381 e. The summed E-state index contributed by atoms with van der Waals surface area (Å²) in [6, 6.07) is 0.370. The van der Waals surface area contributed by atoms with Gasteiger partial charge in [0.2, 0.25) is 0 Å². The summed E-state index contributed by atoms with van der Waals surface area (Å²) in [7, 11) is 0. The van der Waals surface area contributed by atoms with Crippen LogP contribution < -0.4 is 5.73 Å². The van der Waals surface area contributed by atoms with E-state index in [0.717, 1.165) is 31.9 Å².